The number of aromatic nitrogens is 1. The number of fused-ring (bicyclic) bond motifs is 1. The Labute approximate surface area is 124 Å². The van der Waals surface area contributed by atoms with Gasteiger partial charge in [0.25, 0.3) is 5.91 Å². The molecule has 3 aromatic rings. The number of anilines is 1. The van der Waals surface area contributed by atoms with E-state index in [1.807, 2.05) is 36.6 Å². The Morgan fingerprint density at radius 1 is 1.35 bits per heavy atom. The number of carbonyl (C=O) groups is 1. The zero-order valence-corrected chi connectivity index (χ0v) is 12.6. The standard InChI is InChI=1S/C14H12N2O2S2/c1-8-5-6-19-12(8)13(17)16-14-15-10-4-3-9(18-2)7-11(10)20-14/h3-7H,1-2H3,(H,15,16,17). The maximum Gasteiger partial charge on any atom is 0.267 e. The second kappa shape index (κ2) is 5.22. The van der Waals surface area contributed by atoms with Crippen molar-refractivity contribution < 1.29 is 9.53 Å². The minimum Gasteiger partial charge on any atom is -0.497 e. The van der Waals surface area contributed by atoms with Gasteiger partial charge in [-0.1, -0.05) is 11.3 Å². The highest BCUT2D eigenvalue weighted by molar-refractivity contribution is 7.22. The van der Waals surface area contributed by atoms with E-state index in [2.05, 4.69) is 10.3 Å². The number of rotatable bonds is 3. The van der Waals surface area contributed by atoms with Crippen molar-refractivity contribution in [3.05, 3.63) is 40.1 Å². The Morgan fingerprint density at radius 3 is 2.90 bits per heavy atom. The van der Waals surface area contributed by atoms with Crippen LogP contribution in [0.25, 0.3) is 10.2 Å². The Bertz CT molecular complexity index is 776. The number of hydrogen-bond donors (Lipinski definition) is 1. The van der Waals surface area contributed by atoms with Crippen LogP contribution in [0.3, 0.4) is 0 Å². The molecule has 0 unspecified atom stereocenters. The first kappa shape index (κ1) is 13.1. The van der Waals surface area contributed by atoms with Crippen molar-refractivity contribution in [2.75, 3.05) is 12.4 Å². The van der Waals surface area contributed by atoms with E-state index < -0.39 is 0 Å². The average Bonchev–Trinajstić information content (AvgIpc) is 3.03. The lowest BCUT2D eigenvalue weighted by Gasteiger charge is -1.99. The molecule has 20 heavy (non-hydrogen) atoms. The summed E-state index contributed by atoms with van der Waals surface area (Å²) in [5.41, 5.74) is 1.84. The number of nitrogens with zero attached hydrogens (tertiary/aromatic N) is 1. The lowest BCUT2D eigenvalue weighted by atomic mass is 10.3. The zero-order chi connectivity index (χ0) is 14.1. The van der Waals surface area contributed by atoms with Gasteiger partial charge in [0.05, 0.1) is 22.2 Å². The third-order valence-corrected chi connectivity index (χ3v) is 4.83. The summed E-state index contributed by atoms with van der Waals surface area (Å²) in [4.78, 5) is 17.3. The Kier molecular flexibility index (Phi) is 3.42. The van der Waals surface area contributed by atoms with Crippen molar-refractivity contribution in [2.24, 2.45) is 0 Å². The number of carbonyl (C=O) groups excluding carboxylic acids is 1. The number of nitrogens with one attached hydrogen (secondary N) is 1. The van der Waals surface area contributed by atoms with E-state index in [0.29, 0.717) is 5.13 Å². The summed E-state index contributed by atoms with van der Waals surface area (Å²) in [6.45, 7) is 1.93. The van der Waals surface area contributed by atoms with Crippen LogP contribution in [0.15, 0.2) is 29.6 Å². The molecule has 0 atom stereocenters. The Balaban J connectivity index is 1.88. The molecule has 0 saturated heterocycles. The first-order chi connectivity index (χ1) is 9.67. The first-order valence-corrected chi connectivity index (χ1v) is 7.67. The number of aryl methyl sites for hydroxylation is 1. The summed E-state index contributed by atoms with van der Waals surface area (Å²) < 4.78 is 6.17. The summed E-state index contributed by atoms with van der Waals surface area (Å²) in [7, 11) is 1.63. The Morgan fingerprint density at radius 2 is 2.20 bits per heavy atom. The zero-order valence-electron chi connectivity index (χ0n) is 11.0. The third kappa shape index (κ3) is 2.39. The van der Waals surface area contributed by atoms with Crippen LogP contribution in [0.1, 0.15) is 15.2 Å². The van der Waals surface area contributed by atoms with Gasteiger partial charge in [-0.2, -0.15) is 0 Å². The number of ether oxygens (including phenoxy) is 1. The van der Waals surface area contributed by atoms with E-state index in [1.54, 1.807) is 7.11 Å². The highest BCUT2D eigenvalue weighted by Gasteiger charge is 2.13. The van der Waals surface area contributed by atoms with Crippen molar-refractivity contribution in [1.82, 2.24) is 4.98 Å². The highest BCUT2D eigenvalue weighted by Crippen LogP contribution is 2.29. The summed E-state index contributed by atoms with van der Waals surface area (Å²) in [5, 5.41) is 5.36. The van der Waals surface area contributed by atoms with Crippen molar-refractivity contribution in [1.29, 1.82) is 0 Å². The molecule has 1 aromatic carbocycles. The van der Waals surface area contributed by atoms with Gasteiger partial charge in [-0.05, 0) is 42.1 Å². The van der Waals surface area contributed by atoms with Gasteiger partial charge in [0.15, 0.2) is 5.13 Å². The quantitative estimate of drug-likeness (QED) is 0.797. The van der Waals surface area contributed by atoms with Crippen LogP contribution in [-0.4, -0.2) is 18.0 Å². The average molecular weight is 304 g/mol. The van der Waals surface area contributed by atoms with Gasteiger partial charge >= 0.3 is 0 Å². The molecule has 0 fully saturated rings. The van der Waals surface area contributed by atoms with E-state index in [1.165, 1.54) is 22.7 Å². The first-order valence-electron chi connectivity index (χ1n) is 5.97. The monoisotopic (exact) mass is 304 g/mol. The van der Waals surface area contributed by atoms with Crippen LogP contribution in [0.5, 0.6) is 5.75 Å². The lowest BCUT2D eigenvalue weighted by Crippen LogP contribution is -2.10. The molecular formula is C14H12N2O2S2. The topological polar surface area (TPSA) is 51.2 Å². The predicted octanol–water partition coefficient (Wildman–Crippen LogP) is 3.93. The van der Waals surface area contributed by atoms with Crippen LogP contribution >= 0.6 is 22.7 Å². The molecule has 102 valence electrons. The van der Waals surface area contributed by atoms with E-state index in [0.717, 1.165) is 26.4 Å². The molecule has 0 saturated carbocycles. The number of thiophene rings is 1. The van der Waals surface area contributed by atoms with Crippen molar-refractivity contribution in [3.8, 4) is 5.75 Å². The molecule has 0 spiro atoms. The maximum atomic E-state index is 12.1. The number of benzene rings is 1. The summed E-state index contributed by atoms with van der Waals surface area (Å²) >= 11 is 2.87. The molecule has 2 heterocycles. The minimum absolute atomic E-state index is 0.108. The largest absolute Gasteiger partial charge is 0.497 e. The molecule has 0 aliphatic heterocycles. The molecular weight excluding hydrogens is 292 g/mol. The fourth-order valence-corrected chi connectivity index (χ4v) is 3.55. The van der Waals surface area contributed by atoms with Gasteiger partial charge in [0, 0.05) is 0 Å². The van der Waals surface area contributed by atoms with Crippen molar-refractivity contribution >= 4 is 43.9 Å². The van der Waals surface area contributed by atoms with E-state index in [9.17, 15) is 4.79 Å². The van der Waals surface area contributed by atoms with Gasteiger partial charge < -0.3 is 4.74 Å². The van der Waals surface area contributed by atoms with Gasteiger partial charge in [-0.3, -0.25) is 10.1 Å². The second-order valence-corrected chi connectivity index (χ2v) is 6.19. The fraction of sp³-hybridized carbons (Fsp3) is 0.143. The Hall–Kier alpha value is -1.92. The van der Waals surface area contributed by atoms with Gasteiger partial charge in [0.1, 0.15) is 5.75 Å². The van der Waals surface area contributed by atoms with Crippen LogP contribution < -0.4 is 10.1 Å². The molecule has 0 radical (unpaired) electrons. The van der Waals surface area contributed by atoms with Crippen LogP contribution in [0.4, 0.5) is 5.13 Å². The molecule has 6 heteroatoms. The second-order valence-electron chi connectivity index (χ2n) is 4.24. The minimum atomic E-state index is -0.108. The normalized spacial score (nSPS) is 10.7. The summed E-state index contributed by atoms with van der Waals surface area (Å²) in [6.07, 6.45) is 0. The van der Waals surface area contributed by atoms with E-state index in [-0.39, 0.29) is 5.91 Å². The summed E-state index contributed by atoms with van der Waals surface area (Å²) in [6, 6.07) is 7.59. The van der Waals surface area contributed by atoms with Crippen molar-refractivity contribution in [3.63, 3.8) is 0 Å². The smallest absolute Gasteiger partial charge is 0.267 e. The van der Waals surface area contributed by atoms with Crippen LogP contribution in [0, 0.1) is 6.92 Å². The number of methoxy groups -OCH3 is 1. The number of amides is 1. The molecule has 1 N–H and O–H groups in total. The SMILES string of the molecule is COc1ccc2nc(NC(=O)c3sccc3C)sc2c1. The number of hydrogen-bond acceptors (Lipinski definition) is 5. The molecule has 0 aliphatic rings. The number of thiazole rings is 1. The molecule has 4 nitrogen and oxygen atoms in total. The predicted molar refractivity (Wildman–Crippen MR) is 83.2 cm³/mol. The third-order valence-electron chi connectivity index (χ3n) is 2.88. The highest BCUT2D eigenvalue weighted by atomic mass is 32.1. The van der Waals surface area contributed by atoms with Crippen LogP contribution in [0.2, 0.25) is 0 Å². The molecule has 1 amide bonds. The molecule has 0 bridgehead atoms. The van der Waals surface area contributed by atoms with Crippen molar-refractivity contribution in [2.45, 2.75) is 6.92 Å². The van der Waals surface area contributed by atoms with Crippen LogP contribution in [-0.2, 0) is 0 Å². The van der Waals surface area contributed by atoms with E-state index in [4.69, 9.17) is 4.74 Å². The fourth-order valence-electron chi connectivity index (χ4n) is 1.84. The van der Waals surface area contributed by atoms with Gasteiger partial charge in [0.2, 0.25) is 0 Å². The maximum absolute atomic E-state index is 12.1. The van der Waals surface area contributed by atoms with E-state index >= 15 is 0 Å². The lowest BCUT2D eigenvalue weighted by molar-refractivity contribution is 0.103. The van der Waals surface area contributed by atoms with Gasteiger partial charge in [-0.15, -0.1) is 11.3 Å². The molecule has 3 rings (SSSR count). The molecule has 2 aromatic heterocycles. The van der Waals surface area contributed by atoms with Gasteiger partial charge in [-0.25, -0.2) is 4.98 Å². The molecule has 0 aliphatic carbocycles. The summed E-state index contributed by atoms with van der Waals surface area (Å²) in [5.74, 6) is 0.677.